The van der Waals surface area contributed by atoms with E-state index in [1.807, 2.05) is 37.1 Å². The van der Waals surface area contributed by atoms with Crippen molar-refractivity contribution in [1.29, 1.82) is 0 Å². The number of carbonyl (C=O) groups is 1. The molecule has 19 heavy (non-hydrogen) atoms. The van der Waals surface area contributed by atoms with E-state index in [4.69, 9.17) is 5.73 Å². The Balaban J connectivity index is 2.30. The van der Waals surface area contributed by atoms with Crippen LogP contribution in [0, 0.1) is 6.92 Å². The van der Waals surface area contributed by atoms with Gasteiger partial charge in [-0.25, -0.2) is 0 Å². The summed E-state index contributed by atoms with van der Waals surface area (Å²) in [4.78, 5) is 16.7. The average molecular weight is 261 g/mol. The molecule has 2 rings (SSSR count). The zero-order valence-corrected chi connectivity index (χ0v) is 12.0. The summed E-state index contributed by atoms with van der Waals surface area (Å²) in [6.45, 7) is 5.56. The maximum atomic E-state index is 12.7. The smallest absolute Gasteiger partial charge is 0.244 e. The van der Waals surface area contributed by atoms with E-state index in [2.05, 4.69) is 17.9 Å². The summed E-state index contributed by atoms with van der Waals surface area (Å²) in [7, 11) is 2.00. The second kappa shape index (κ2) is 5.72. The lowest BCUT2D eigenvalue weighted by molar-refractivity contribution is -0.126. The Bertz CT molecular complexity index is 460. The first-order valence-electron chi connectivity index (χ1n) is 6.84. The van der Waals surface area contributed by atoms with Gasteiger partial charge < -0.3 is 10.6 Å². The fraction of sp³-hybridized carbons (Fsp3) is 0.533. The fourth-order valence-electron chi connectivity index (χ4n) is 2.85. The van der Waals surface area contributed by atoms with Gasteiger partial charge in [0, 0.05) is 18.3 Å². The number of aryl methyl sites for hydroxylation is 1. The molecular formula is C15H23N3O. The van der Waals surface area contributed by atoms with Crippen LogP contribution in [0.1, 0.15) is 18.9 Å². The third-order valence-electron chi connectivity index (χ3n) is 3.77. The van der Waals surface area contributed by atoms with E-state index in [-0.39, 0.29) is 18.0 Å². The molecule has 1 amide bonds. The van der Waals surface area contributed by atoms with E-state index >= 15 is 0 Å². The first kappa shape index (κ1) is 14.0. The van der Waals surface area contributed by atoms with E-state index < -0.39 is 0 Å². The van der Waals surface area contributed by atoms with Crippen molar-refractivity contribution in [3.63, 3.8) is 0 Å². The minimum absolute atomic E-state index is 0.0956. The fourth-order valence-corrected chi connectivity index (χ4v) is 2.85. The first-order chi connectivity index (χ1) is 9.04. The third-order valence-corrected chi connectivity index (χ3v) is 3.77. The molecule has 0 aliphatic carbocycles. The Kier molecular flexibility index (Phi) is 4.22. The minimum Gasteiger partial charge on any atom is -0.330 e. The van der Waals surface area contributed by atoms with Gasteiger partial charge in [0.25, 0.3) is 0 Å². The molecule has 1 aromatic carbocycles. The average Bonchev–Trinajstić information content (AvgIpc) is 2.34. The van der Waals surface area contributed by atoms with Gasteiger partial charge in [0.1, 0.15) is 0 Å². The molecule has 2 unspecified atom stereocenters. The number of hydrogen-bond acceptors (Lipinski definition) is 3. The number of nitrogens with zero attached hydrogens (tertiary/aromatic N) is 2. The second-order valence-corrected chi connectivity index (χ2v) is 5.43. The van der Waals surface area contributed by atoms with E-state index in [9.17, 15) is 4.79 Å². The van der Waals surface area contributed by atoms with Crippen LogP contribution in [0.2, 0.25) is 0 Å². The van der Waals surface area contributed by atoms with Gasteiger partial charge in [-0.15, -0.1) is 0 Å². The molecule has 0 saturated carbocycles. The lowest BCUT2D eigenvalue weighted by atomic mass is 10.0. The lowest BCUT2D eigenvalue weighted by Gasteiger charge is -2.43. The van der Waals surface area contributed by atoms with Gasteiger partial charge in [-0.3, -0.25) is 9.69 Å². The van der Waals surface area contributed by atoms with E-state index in [0.29, 0.717) is 13.0 Å². The largest absolute Gasteiger partial charge is 0.330 e. The molecule has 104 valence electrons. The molecular weight excluding hydrogens is 238 g/mol. The standard InChI is InChI=1S/C15H23N3O/c1-11-5-4-6-13(9-11)18-12(2)10-17(3)14(7-8-16)15(18)19/h4-6,9,12,14H,7-8,10,16H2,1-3H3. The molecule has 1 heterocycles. The van der Waals surface area contributed by atoms with Gasteiger partial charge >= 0.3 is 0 Å². The first-order valence-corrected chi connectivity index (χ1v) is 6.84. The third kappa shape index (κ3) is 2.80. The molecule has 0 radical (unpaired) electrons. The van der Waals surface area contributed by atoms with Crippen molar-refractivity contribution in [2.24, 2.45) is 5.73 Å². The van der Waals surface area contributed by atoms with Crippen molar-refractivity contribution in [2.75, 3.05) is 25.0 Å². The summed E-state index contributed by atoms with van der Waals surface area (Å²) >= 11 is 0. The van der Waals surface area contributed by atoms with Crippen LogP contribution in [0.4, 0.5) is 5.69 Å². The van der Waals surface area contributed by atoms with Crippen molar-refractivity contribution >= 4 is 11.6 Å². The van der Waals surface area contributed by atoms with Crippen molar-refractivity contribution in [3.8, 4) is 0 Å². The molecule has 1 aliphatic rings. The highest BCUT2D eigenvalue weighted by Crippen LogP contribution is 2.25. The topological polar surface area (TPSA) is 49.6 Å². The van der Waals surface area contributed by atoms with Crippen LogP contribution in [-0.2, 0) is 4.79 Å². The van der Waals surface area contributed by atoms with Gasteiger partial charge in [0.05, 0.1) is 6.04 Å². The summed E-state index contributed by atoms with van der Waals surface area (Å²) in [6, 6.07) is 8.22. The maximum Gasteiger partial charge on any atom is 0.244 e. The quantitative estimate of drug-likeness (QED) is 0.894. The molecule has 1 saturated heterocycles. The van der Waals surface area contributed by atoms with Crippen molar-refractivity contribution < 1.29 is 4.79 Å². The van der Waals surface area contributed by atoms with Crippen LogP contribution >= 0.6 is 0 Å². The van der Waals surface area contributed by atoms with Gasteiger partial charge in [-0.05, 0) is 51.6 Å². The normalized spacial score (nSPS) is 24.8. The Morgan fingerprint density at radius 3 is 2.79 bits per heavy atom. The molecule has 1 aromatic rings. The predicted octanol–water partition coefficient (Wildman–Crippen LogP) is 1.38. The number of likely N-dealkylation sites (N-methyl/N-ethyl adjacent to an activating group) is 1. The molecule has 0 bridgehead atoms. The van der Waals surface area contributed by atoms with Crippen LogP contribution in [0.15, 0.2) is 24.3 Å². The summed E-state index contributed by atoms with van der Waals surface area (Å²) in [6.07, 6.45) is 0.713. The van der Waals surface area contributed by atoms with Crippen LogP contribution < -0.4 is 10.6 Å². The zero-order valence-electron chi connectivity index (χ0n) is 12.0. The van der Waals surface area contributed by atoms with Crippen molar-refractivity contribution in [1.82, 2.24) is 4.90 Å². The van der Waals surface area contributed by atoms with Gasteiger partial charge in [0.2, 0.25) is 5.91 Å². The molecule has 1 fully saturated rings. The highest BCUT2D eigenvalue weighted by molar-refractivity contribution is 5.98. The van der Waals surface area contributed by atoms with E-state index in [1.165, 1.54) is 5.56 Å². The number of hydrogen-bond donors (Lipinski definition) is 1. The van der Waals surface area contributed by atoms with Crippen LogP contribution in [0.3, 0.4) is 0 Å². The summed E-state index contributed by atoms with van der Waals surface area (Å²) in [5.74, 6) is 0.164. The SMILES string of the molecule is Cc1cccc(N2C(=O)C(CCN)N(C)CC2C)c1. The van der Waals surface area contributed by atoms with Crippen molar-refractivity contribution in [3.05, 3.63) is 29.8 Å². The van der Waals surface area contributed by atoms with Crippen LogP contribution in [0.25, 0.3) is 0 Å². The highest BCUT2D eigenvalue weighted by atomic mass is 16.2. The van der Waals surface area contributed by atoms with Crippen LogP contribution in [-0.4, -0.2) is 43.0 Å². The molecule has 2 N–H and O–H groups in total. The van der Waals surface area contributed by atoms with E-state index in [1.54, 1.807) is 0 Å². The predicted molar refractivity (Wildman–Crippen MR) is 78.2 cm³/mol. The summed E-state index contributed by atoms with van der Waals surface area (Å²) in [5.41, 5.74) is 7.80. The second-order valence-electron chi connectivity index (χ2n) is 5.43. The minimum atomic E-state index is -0.0956. The molecule has 4 nitrogen and oxygen atoms in total. The molecule has 1 aliphatic heterocycles. The molecule has 0 aromatic heterocycles. The van der Waals surface area contributed by atoms with Gasteiger partial charge in [0.15, 0.2) is 0 Å². The molecule has 0 spiro atoms. The van der Waals surface area contributed by atoms with E-state index in [0.717, 1.165) is 12.2 Å². The number of benzene rings is 1. The lowest BCUT2D eigenvalue weighted by Crippen LogP contribution is -2.60. The van der Waals surface area contributed by atoms with Gasteiger partial charge in [-0.1, -0.05) is 12.1 Å². The maximum absolute atomic E-state index is 12.7. The molecule has 4 heteroatoms. The summed E-state index contributed by atoms with van der Waals surface area (Å²) < 4.78 is 0. The Labute approximate surface area is 115 Å². The zero-order chi connectivity index (χ0) is 14.0. The number of anilines is 1. The monoisotopic (exact) mass is 261 g/mol. The Morgan fingerprint density at radius 2 is 2.16 bits per heavy atom. The summed E-state index contributed by atoms with van der Waals surface area (Å²) in [5, 5.41) is 0. The number of carbonyl (C=O) groups excluding carboxylic acids is 1. The van der Waals surface area contributed by atoms with Crippen molar-refractivity contribution in [2.45, 2.75) is 32.4 Å². The highest BCUT2D eigenvalue weighted by Gasteiger charge is 2.36. The van der Waals surface area contributed by atoms with Gasteiger partial charge in [-0.2, -0.15) is 0 Å². The molecule has 2 atom stereocenters. The number of rotatable bonds is 3. The Hall–Kier alpha value is -1.39. The Morgan fingerprint density at radius 1 is 1.42 bits per heavy atom. The van der Waals surface area contributed by atoms with Crippen LogP contribution in [0.5, 0.6) is 0 Å². The number of piperazine rings is 1. The number of nitrogens with two attached hydrogens (primary N) is 1. The number of amides is 1.